The summed E-state index contributed by atoms with van der Waals surface area (Å²) in [6.07, 6.45) is -1.53. The topological polar surface area (TPSA) is 79.6 Å². The molecule has 12 heteroatoms. The fourth-order valence-corrected chi connectivity index (χ4v) is 5.02. The van der Waals surface area contributed by atoms with E-state index < -0.39 is 28.7 Å². The van der Waals surface area contributed by atoms with Crippen molar-refractivity contribution in [2.24, 2.45) is 5.41 Å². The number of benzene rings is 1. The lowest BCUT2D eigenvalue weighted by atomic mass is 9.95. The molecule has 5 rings (SSSR count). The minimum Gasteiger partial charge on any atom is -0.337 e. The number of anilines is 1. The SMILES string of the molecule is CC(C)(C)C(=O)Nc1ncccc1-c1cc(C(F)(F)F)c2nc(C(=O)N3CCC(c4cccc(F)c4)C3)c(Cl)n2c1. The van der Waals surface area contributed by atoms with Gasteiger partial charge in [-0.15, -0.1) is 0 Å². The van der Waals surface area contributed by atoms with E-state index in [-0.39, 0.29) is 52.0 Å². The maximum atomic E-state index is 14.3. The molecule has 1 N–H and O–H groups in total. The number of nitrogens with zero attached hydrogens (tertiary/aromatic N) is 4. The van der Waals surface area contributed by atoms with Gasteiger partial charge in [-0.2, -0.15) is 13.2 Å². The Kier molecular flexibility index (Phi) is 7.27. The summed E-state index contributed by atoms with van der Waals surface area (Å²) in [6, 6.07) is 10.1. The van der Waals surface area contributed by atoms with Crippen molar-refractivity contribution >= 4 is 34.9 Å². The van der Waals surface area contributed by atoms with Crippen molar-refractivity contribution in [3.63, 3.8) is 0 Å². The highest BCUT2D eigenvalue weighted by Crippen LogP contribution is 2.39. The third-order valence-electron chi connectivity index (χ3n) is 7.00. The van der Waals surface area contributed by atoms with Crippen LogP contribution in [-0.4, -0.2) is 44.2 Å². The Morgan fingerprint density at radius 3 is 2.54 bits per heavy atom. The predicted octanol–water partition coefficient (Wildman–Crippen LogP) is 6.82. The van der Waals surface area contributed by atoms with Crippen LogP contribution in [0, 0.1) is 11.2 Å². The molecule has 1 saturated heterocycles. The molecule has 1 aliphatic rings. The first kappa shape index (κ1) is 28.5. The molecule has 41 heavy (non-hydrogen) atoms. The number of carbonyl (C=O) groups excluding carboxylic acids is 2. The highest BCUT2D eigenvalue weighted by atomic mass is 35.5. The van der Waals surface area contributed by atoms with E-state index in [2.05, 4.69) is 15.3 Å². The summed E-state index contributed by atoms with van der Waals surface area (Å²) in [5, 5.41) is 2.40. The number of fused-ring (bicyclic) bond motifs is 1. The lowest BCUT2D eigenvalue weighted by molar-refractivity contribution is -0.136. The Balaban J connectivity index is 1.55. The number of aromatic nitrogens is 3. The first-order chi connectivity index (χ1) is 19.2. The van der Waals surface area contributed by atoms with Gasteiger partial charge in [0.05, 0.1) is 5.56 Å². The normalized spacial score (nSPS) is 15.9. The molecule has 0 spiro atoms. The Morgan fingerprint density at radius 2 is 1.85 bits per heavy atom. The molecule has 1 aromatic carbocycles. The summed E-state index contributed by atoms with van der Waals surface area (Å²) in [4.78, 5) is 35.7. The summed E-state index contributed by atoms with van der Waals surface area (Å²) in [5.41, 5.74) is -1.70. The smallest absolute Gasteiger partial charge is 0.337 e. The van der Waals surface area contributed by atoms with Crippen LogP contribution in [0.5, 0.6) is 0 Å². The molecule has 1 fully saturated rings. The molecule has 0 saturated carbocycles. The quantitative estimate of drug-likeness (QED) is 0.266. The Labute approximate surface area is 238 Å². The van der Waals surface area contributed by atoms with Crippen LogP contribution >= 0.6 is 11.6 Å². The fourth-order valence-electron chi connectivity index (χ4n) is 4.77. The number of hydrogen-bond acceptors (Lipinski definition) is 4. The number of alkyl halides is 3. The van der Waals surface area contributed by atoms with Gasteiger partial charge < -0.3 is 10.2 Å². The van der Waals surface area contributed by atoms with E-state index in [0.29, 0.717) is 13.0 Å². The summed E-state index contributed by atoms with van der Waals surface area (Å²) in [6.45, 7) is 5.65. The Morgan fingerprint density at radius 1 is 1.10 bits per heavy atom. The van der Waals surface area contributed by atoms with Gasteiger partial charge in [0.15, 0.2) is 11.3 Å². The summed E-state index contributed by atoms with van der Waals surface area (Å²) in [5.74, 6) is -1.43. The summed E-state index contributed by atoms with van der Waals surface area (Å²) in [7, 11) is 0. The second-order valence-corrected chi connectivity index (χ2v) is 11.3. The molecule has 7 nitrogen and oxygen atoms in total. The van der Waals surface area contributed by atoms with Crippen molar-refractivity contribution in [1.29, 1.82) is 0 Å². The molecule has 0 aliphatic carbocycles. The van der Waals surface area contributed by atoms with E-state index in [1.165, 1.54) is 41.6 Å². The number of halogens is 5. The molecule has 1 unspecified atom stereocenters. The van der Waals surface area contributed by atoms with Gasteiger partial charge in [-0.25, -0.2) is 14.4 Å². The zero-order valence-electron chi connectivity index (χ0n) is 22.4. The third kappa shape index (κ3) is 5.63. The second kappa shape index (κ2) is 10.4. The van der Waals surface area contributed by atoms with Gasteiger partial charge in [0.2, 0.25) is 5.91 Å². The maximum absolute atomic E-state index is 14.3. The number of likely N-dealkylation sites (tertiary alicyclic amines) is 1. The monoisotopic (exact) mass is 587 g/mol. The van der Waals surface area contributed by atoms with E-state index in [1.54, 1.807) is 32.9 Å². The van der Waals surface area contributed by atoms with Gasteiger partial charge in [0.1, 0.15) is 16.8 Å². The number of pyridine rings is 2. The van der Waals surface area contributed by atoms with Gasteiger partial charge >= 0.3 is 6.18 Å². The van der Waals surface area contributed by atoms with Crippen molar-refractivity contribution < 1.29 is 27.2 Å². The average molecular weight is 588 g/mol. The van der Waals surface area contributed by atoms with Crippen LogP contribution in [0.1, 0.15) is 54.7 Å². The lowest BCUT2D eigenvalue weighted by Gasteiger charge is -2.19. The molecule has 4 aromatic rings. The van der Waals surface area contributed by atoms with Gasteiger partial charge in [-0.05, 0) is 42.3 Å². The third-order valence-corrected chi connectivity index (χ3v) is 7.36. The zero-order chi connectivity index (χ0) is 29.7. The lowest BCUT2D eigenvalue weighted by Crippen LogP contribution is -2.29. The van der Waals surface area contributed by atoms with Gasteiger partial charge in [-0.1, -0.05) is 44.5 Å². The molecule has 3 aromatic heterocycles. The van der Waals surface area contributed by atoms with Crippen LogP contribution < -0.4 is 5.32 Å². The van der Waals surface area contributed by atoms with Crippen molar-refractivity contribution in [3.05, 3.63) is 82.6 Å². The first-order valence-corrected chi connectivity index (χ1v) is 13.2. The molecular formula is C29H26ClF4N5O2. The highest BCUT2D eigenvalue weighted by molar-refractivity contribution is 6.33. The van der Waals surface area contributed by atoms with E-state index >= 15 is 0 Å². The van der Waals surface area contributed by atoms with E-state index in [9.17, 15) is 27.2 Å². The Hall–Kier alpha value is -3.99. The van der Waals surface area contributed by atoms with Crippen LogP contribution in [0.3, 0.4) is 0 Å². The molecular weight excluding hydrogens is 562 g/mol. The number of nitrogens with one attached hydrogen (secondary N) is 1. The highest BCUT2D eigenvalue weighted by Gasteiger charge is 2.38. The van der Waals surface area contributed by atoms with E-state index in [0.717, 1.165) is 16.0 Å². The fraction of sp³-hybridized carbons (Fsp3) is 0.310. The average Bonchev–Trinajstić information content (AvgIpc) is 3.52. The van der Waals surface area contributed by atoms with Gasteiger partial charge in [0, 0.05) is 47.9 Å². The molecule has 1 aliphatic heterocycles. The number of rotatable bonds is 4. The summed E-state index contributed by atoms with van der Waals surface area (Å²) >= 11 is 6.52. The van der Waals surface area contributed by atoms with Gasteiger partial charge in [-0.3, -0.25) is 14.0 Å². The first-order valence-electron chi connectivity index (χ1n) is 12.8. The summed E-state index contributed by atoms with van der Waals surface area (Å²) < 4.78 is 57.6. The van der Waals surface area contributed by atoms with Crippen molar-refractivity contribution in [3.8, 4) is 11.1 Å². The van der Waals surface area contributed by atoms with Gasteiger partial charge in [0.25, 0.3) is 5.91 Å². The van der Waals surface area contributed by atoms with Crippen LogP contribution in [-0.2, 0) is 11.0 Å². The number of hydrogen-bond donors (Lipinski definition) is 1. The molecule has 0 bridgehead atoms. The number of amides is 2. The molecule has 214 valence electrons. The van der Waals surface area contributed by atoms with E-state index in [4.69, 9.17) is 11.6 Å². The second-order valence-electron chi connectivity index (χ2n) is 11.0. The number of carbonyl (C=O) groups is 2. The van der Waals surface area contributed by atoms with Crippen LogP contribution in [0.2, 0.25) is 5.15 Å². The van der Waals surface area contributed by atoms with Crippen molar-refractivity contribution in [2.45, 2.75) is 39.3 Å². The maximum Gasteiger partial charge on any atom is 0.420 e. The minimum absolute atomic E-state index is 0.0628. The largest absolute Gasteiger partial charge is 0.420 e. The van der Waals surface area contributed by atoms with Crippen LogP contribution in [0.4, 0.5) is 23.4 Å². The van der Waals surface area contributed by atoms with Crippen molar-refractivity contribution in [2.75, 3.05) is 18.4 Å². The number of imidazole rings is 1. The molecule has 1 atom stereocenters. The molecule has 0 radical (unpaired) electrons. The standard InChI is InChI=1S/C29H26ClF4N5O2/c1-28(2,3)27(41)37-24-20(8-5-10-35-24)18-13-21(29(32,33)34)25-36-22(23(30)39(25)15-18)26(40)38-11-9-17(14-38)16-6-4-7-19(31)12-16/h4-8,10,12-13,15,17H,9,11,14H2,1-3H3,(H,35,37,41). The predicted molar refractivity (Wildman–Crippen MR) is 146 cm³/mol. The molecule has 4 heterocycles. The van der Waals surface area contributed by atoms with Crippen molar-refractivity contribution in [1.82, 2.24) is 19.3 Å². The zero-order valence-corrected chi connectivity index (χ0v) is 23.1. The molecule has 2 amide bonds. The van der Waals surface area contributed by atoms with E-state index in [1.807, 2.05) is 0 Å². The Bertz CT molecular complexity index is 1660. The minimum atomic E-state index is -4.83. The van der Waals surface area contributed by atoms with Crippen LogP contribution in [0.25, 0.3) is 16.8 Å². The van der Waals surface area contributed by atoms with Crippen LogP contribution in [0.15, 0.2) is 54.9 Å².